The van der Waals surface area contributed by atoms with E-state index in [1.165, 1.54) is 12.1 Å². The molecule has 1 unspecified atom stereocenters. The molecule has 9 heteroatoms. The number of carbonyl (C=O) groups is 1. The van der Waals surface area contributed by atoms with E-state index >= 15 is 0 Å². The zero-order valence-electron chi connectivity index (χ0n) is 25.4. The van der Waals surface area contributed by atoms with Gasteiger partial charge in [0.15, 0.2) is 5.65 Å². The standard InChI is InChI=1S/C26H28N6O2.C6H5F.C2H6/c1-17-13-22(26(34)31(19(17)3)15-20-7-5-4-6-8-20)25(33)28-21-11-12-30(16-21)24-10-9-23-27-14-18(2)32(23)29-24;7-6-4-2-1-3-5-6;1-2/h4-10,13-14,21H,11-12,15-16H2,1-3H3,(H,28,33);1-5H;1-2H3. The van der Waals surface area contributed by atoms with Gasteiger partial charge >= 0.3 is 0 Å². The van der Waals surface area contributed by atoms with Crippen LogP contribution in [-0.2, 0) is 6.54 Å². The number of carbonyl (C=O) groups excluding carboxylic acids is 1. The molecule has 1 saturated heterocycles. The normalized spacial score (nSPS) is 14.0. The van der Waals surface area contributed by atoms with Gasteiger partial charge in [-0.05, 0) is 68.7 Å². The van der Waals surface area contributed by atoms with Crippen LogP contribution in [0.15, 0.2) is 89.9 Å². The molecule has 5 aromatic rings. The number of aryl methyl sites for hydroxylation is 2. The van der Waals surface area contributed by atoms with Gasteiger partial charge in [0.2, 0.25) is 0 Å². The zero-order valence-corrected chi connectivity index (χ0v) is 25.4. The molecule has 1 amide bonds. The van der Waals surface area contributed by atoms with Crippen LogP contribution in [0.3, 0.4) is 0 Å². The van der Waals surface area contributed by atoms with Crippen LogP contribution in [0.1, 0.15) is 53.1 Å². The number of fused-ring (bicyclic) bond motifs is 1. The molecule has 0 radical (unpaired) electrons. The van der Waals surface area contributed by atoms with Crippen molar-refractivity contribution in [3.8, 4) is 0 Å². The molecule has 0 spiro atoms. The second-order valence-corrected chi connectivity index (χ2v) is 10.3. The number of amides is 1. The van der Waals surface area contributed by atoms with E-state index in [0.717, 1.165) is 46.9 Å². The van der Waals surface area contributed by atoms with Gasteiger partial charge in [0, 0.05) is 24.8 Å². The molecule has 1 aliphatic rings. The summed E-state index contributed by atoms with van der Waals surface area (Å²) in [6.45, 7) is 11.7. The number of pyridine rings is 1. The summed E-state index contributed by atoms with van der Waals surface area (Å²) in [6, 6.07) is 23.3. The molecule has 6 rings (SSSR count). The van der Waals surface area contributed by atoms with E-state index < -0.39 is 0 Å². The molecule has 1 atom stereocenters. The van der Waals surface area contributed by atoms with Crippen LogP contribution in [0, 0.1) is 26.6 Å². The third-order valence-corrected chi connectivity index (χ3v) is 7.34. The Hall–Kier alpha value is -4.79. The van der Waals surface area contributed by atoms with Crippen molar-refractivity contribution >= 4 is 17.4 Å². The van der Waals surface area contributed by atoms with E-state index in [0.29, 0.717) is 13.1 Å². The highest BCUT2D eigenvalue weighted by Crippen LogP contribution is 2.19. The molecule has 1 fully saturated rings. The van der Waals surface area contributed by atoms with Crippen LogP contribution < -0.4 is 15.8 Å². The molecule has 0 bridgehead atoms. The lowest BCUT2D eigenvalue weighted by Crippen LogP contribution is -2.41. The molecule has 0 saturated carbocycles. The summed E-state index contributed by atoms with van der Waals surface area (Å²) in [5, 5.41) is 7.77. The zero-order chi connectivity index (χ0) is 30.9. The average molecular weight is 583 g/mol. The number of nitrogens with one attached hydrogen (secondary N) is 1. The van der Waals surface area contributed by atoms with Crippen LogP contribution in [-0.4, -0.2) is 44.2 Å². The SMILES string of the molecule is CC.Cc1cc(C(=O)NC2CCN(c3ccc4ncc(C)n4n3)C2)c(=O)n(Cc2ccccc2)c1C.Fc1ccccc1. The monoisotopic (exact) mass is 582 g/mol. The first-order valence-corrected chi connectivity index (χ1v) is 14.6. The number of rotatable bonds is 5. The number of hydrogen-bond donors (Lipinski definition) is 1. The quantitative estimate of drug-likeness (QED) is 0.286. The van der Waals surface area contributed by atoms with Crippen molar-refractivity contribution in [2.45, 2.75) is 53.6 Å². The Labute approximate surface area is 251 Å². The predicted molar refractivity (Wildman–Crippen MR) is 169 cm³/mol. The molecule has 43 heavy (non-hydrogen) atoms. The number of imidazole rings is 1. The molecule has 2 aromatic carbocycles. The number of halogens is 1. The highest BCUT2D eigenvalue weighted by molar-refractivity contribution is 5.94. The van der Waals surface area contributed by atoms with Gasteiger partial charge in [-0.25, -0.2) is 13.9 Å². The summed E-state index contributed by atoms with van der Waals surface area (Å²) in [4.78, 5) is 32.9. The first kappa shape index (κ1) is 31.2. The van der Waals surface area contributed by atoms with Gasteiger partial charge in [0.05, 0.1) is 18.4 Å². The summed E-state index contributed by atoms with van der Waals surface area (Å²) in [6.07, 6.45) is 2.59. The van der Waals surface area contributed by atoms with E-state index in [4.69, 9.17) is 0 Å². The molecular formula is C34H39FN6O2. The van der Waals surface area contributed by atoms with Gasteiger partial charge in [0.1, 0.15) is 17.2 Å². The lowest BCUT2D eigenvalue weighted by molar-refractivity contribution is 0.0938. The maximum atomic E-state index is 13.3. The Morgan fingerprint density at radius 3 is 2.30 bits per heavy atom. The average Bonchev–Trinajstić information content (AvgIpc) is 3.65. The van der Waals surface area contributed by atoms with Crippen molar-refractivity contribution in [1.82, 2.24) is 24.5 Å². The molecule has 0 aliphatic carbocycles. The van der Waals surface area contributed by atoms with Crippen LogP contribution in [0.5, 0.6) is 0 Å². The fraction of sp³-hybridized carbons (Fsp3) is 0.294. The molecular weight excluding hydrogens is 543 g/mol. The molecule has 3 aromatic heterocycles. The van der Waals surface area contributed by atoms with Crippen molar-refractivity contribution < 1.29 is 9.18 Å². The summed E-state index contributed by atoms with van der Waals surface area (Å²) < 4.78 is 15.4. The first-order chi connectivity index (χ1) is 20.8. The van der Waals surface area contributed by atoms with Crippen LogP contribution in [0.25, 0.3) is 5.65 Å². The van der Waals surface area contributed by atoms with E-state index in [9.17, 15) is 14.0 Å². The minimum Gasteiger partial charge on any atom is -0.353 e. The molecule has 224 valence electrons. The third-order valence-electron chi connectivity index (χ3n) is 7.34. The number of aromatic nitrogens is 4. The van der Waals surface area contributed by atoms with E-state index in [1.54, 1.807) is 35.0 Å². The molecule has 1 aliphatic heterocycles. The largest absolute Gasteiger partial charge is 0.353 e. The maximum Gasteiger partial charge on any atom is 0.263 e. The number of anilines is 1. The molecule has 1 N–H and O–H groups in total. The number of nitrogens with zero attached hydrogens (tertiary/aromatic N) is 5. The summed E-state index contributed by atoms with van der Waals surface area (Å²) in [5.41, 5.74) is 4.52. The number of benzene rings is 2. The van der Waals surface area contributed by atoms with E-state index in [2.05, 4.69) is 20.3 Å². The lowest BCUT2D eigenvalue weighted by Gasteiger charge is -2.19. The Morgan fingerprint density at radius 1 is 0.977 bits per heavy atom. The van der Waals surface area contributed by atoms with Gasteiger partial charge in [-0.15, -0.1) is 5.10 Å². The van der Waals surface area contributed by atoms with Gasteiger partial charge < -0.3 is 14.8 Å². The van der Waals surface area contributed by atoms with Crippen LogP contribution in [0.2, 0.25) is 0 Å². The lowest BCUT2D eigenvalue weighted by atomic mass is 10.1. The second-order valence-electron chi connectivity index (χ2n) is 10.3. The summed E-state index contributed by atoms with van der Waals surface area (Å²) in [7, 11) is 0. The minimum atomic E-state index is -0.323. The third kappa shape index (κ3) is 7.54. The summed E-state index contributed by atoms with van der Waals surface area (Å²) in [5.74, 6) is 0.347. The van der Waals surface area contributed by atoms with Gasteiger partial charge in [-0.2, -0.15) is 0 Å². The summed E-state index contributed by atoms with van der Waals surface area (Å²) >= 11 is 0. The van der Waals surface area contributed by atoms with Crippen molar-refractivity contribution in [1.29, 1.82) is 0 Å². The van der Waals surface area contributed by atoms with Crippen molar-refractivity contribution in [3.63, 3.8) is 0 Å². The van der Waals surface area contributed by atoms with E-state index in [-0.39, 0.29) is 28.9 Å². The van der Waals surface area contributed by atoms with E-state index in [1.807, 2.05) is 81.6 Å². The van der Waals surface area contributed by atoms with Gasteiger partial charge in [-0.1, -0.05) is 62.4 Å². The fourth-order valence-corrected chi connectivity index (χ4v) is 4.92. The Bertz CT molecular complexity index is 1720. The molecule has 8 nitrogen and oxygen atoms in total. The Balaban J connectivity index is 0.000000409. The number of hydrogen-bond acceptors (Lipinski definition) is 5. The Morgan fingerprint density at radius 2 is 1.65 bits per heavy atom. The topological polar surface area (TPSA) is 84.5 Å². The molecule has 4 heterocycles. The van der Waals surface area contributed by atoms with Crippen LogP contribution in [0.4, 0.5) is 10.2 Å². The highest BCUT2D eigenvalue weighted by atomic mass is 19.1. The second kappa shape index (κ2) is 14.4. The highest BCUT2D eigenvalue weighted by Gasteiger charge is 2.27. The van der Waals surface area contributed by atoms with Crippen LogP contribution >= 0.6 is 0 Å². The predicted octanol–water partition coefficient (Wildman–Crippen LogP) is 5.73. The minimum absolute atomic E-state index is 0.0579. The van der Waals surface area contributed by atoms with Crippen molar-refractivity contribution in [3.05, 3.63) is 129 Å². The fourth-order valence-electron chi connectivity index (χ4n) is 4.92. The Kier molecular flexibility index (Phi) is 10.4. The maximum absolute atomic E-state index is 13.3. The van der Waals surface area contributed by atoms with Crippen molar-refractivity contribution in [2.75, 3.05) is 18.0 Å². The van der Waals surface area contributed by atoms with Crippen molar-refractivity contribution in [2.24, 2.45) is 0 Å². The van der Waals surface area contributed by atoms with Gasteiger partial charge in [-0.3, -0.25) is 9.59 Å². The smallest absolute Gasteiger partial charge is 0.263 e. The van der Waals surface area contributed by atoms with Gasteiger partial charge in [0.25, 0.3) is 11.5 Å². The first-order valence-electron chi connectivity index (χ1n) is 14.6.